The van der Waals surface area contributed by atoms with Gasteiger partial charge < -0.3 is 0 Å². The standard InChI is InChI=1S/C7H11NO2/c1-6-4-2-3-5-7(6)8(9)10/h2-3,6-7H,4-5H2,1H3/t6-,7-/m0/s1. The van der Waals surface area contributed by atoms with Crippen LogP contribution >= 0.6 is 0 Å². The molecule has 1 aliphatic rings. The van der Waals surface area contributed by atoms with Gasteiger partial charge in [0.1, 0.15) is 0 Å². The lowest BCUT2D eigenvalue weighted by Crippen LogP contribution is -2.28. The van der Waals surface area contributed by atoms with E-state index in [0.29, 0.717) is 6.42 Å². The highest BCUT2D eigenvalue weighted by atomic mass is 16.6. The molecule has 0 spiro atoms. The van der Waals surface area contributed by atoms with Gasteiger partial charge in [-0.3, -0.25) is 10.1 Å². The van der Waals surface area contributed by atoms with E-state index in [0.717, 1.165) is 6.42 Å². The molecule has 0 unspecified atom stereocenters. The second-order valence-corrected chi connectivity index (χ2v) is 2.77. The molecule has 1 rings (SSSR count). The quantitative estimate of drug-likeness (QED) is 0.316. The Morgan fingerprint density at radius 3 is 2.50 bits per heavy atom. The summed E-state index contributed by atoms with van der Waals surface area (Å²) >= 11 is 0. The Morgan fingerprint density at radius 2 is 2.10 bits per heavy atom. The molecule has 0 heterocycles. The van der Waals surface area contributed by atoms with E-state index in [2.05, 4.69) is 0 Å². The molecule has 1 aliphatic carbocycles. The zero-order valence-electron chi connectivity index (χ0n) is 5.99. The molecule has 0 aromatic rings. The van der Waals surface area contributed by atoms with Crippen molar-refractivity contribution in [3.8, 4) is 0 Å². The van der Waals surface area contributed by atoms with Crippen molar-refractivity contribution < 1.29 is 4.92 Å². The molecule has 0 radical (unpaired) electrons. The van der Waals surface area contributed by atoms with E-state index in [9.17, 15) is 10.1 Å². The fraction of sp³-hybridized carbons (Fsp3) is 0.714. The Hall–Kier alpha value is -0.860. The van der Waals surface area contributed by atoms with E-state index < -0.39 is 0 Å². The summed E-state index contributed by atoms with van der Waals surface area (Å²) in [5, 5.41) is 10.3. The van der Waals surface area contributed by atoms with Crippen molar-refractivity contribution in [2.75, 3.05) is 0 Å². The lowest BCUT2D eigenvalue weighted by molar-refractivity contribution is -0.531. The van der Waals surface area contributed by atoms with E-state index in [1.54, 1.807) is 0 Å². The summed E-state index contributed by atoms with van der Waals surface area (Å²) in [7, 11) is 0. The third-order valence-corrected chi connectivity index (χ3v) is 1.98. The van der Waals surface area contributed by atoms with Gasteiger partial charge >= 0.3 is 0 Å². The van der Waals surface area contributed by atoms with Gasteiger partial charge in [0.2, 0.25) is 6.04 Å². The molecule has 0 N–H and O–H groups in total. The van der Waals surface area contributed by atoms with Gasteiger partial charge in [0, 0.05) is 17.3 Å². The Kier molecular flexibility index (Phi) is 2.04. The van der Waals surface area contributed by atoms with E-state index in [-0.39, 0.29) is 16.9 Å². The summed E-state index contributed by atoms with van der Waals surface area (Å²) in [6.45, 7) is 1.93. The van der Waals surface area contributed by atoms with Crippen molar-refractivity contribution in [2.24, 2.45) is 5.92 Å². The normalized spacial score (nSPS) is 32.1. The molecule has 3 heteroatoms. The van der Waals surface area contributed by atoms with Crippen LogP contribution in [0, 0.1) is 16.0 Å². The SMILES string of the molecule is C[C@H]1CC=CC[C@@H]1[N+](=O)[O-]. The Bertz CT molecular complexity index is 165. The highest BCUT2D eigenvalue weighted by Gasteiger charge is 2.27. The fourth-order valence-electron chi connectivity index (χ4n) is 1.23. The molecule has 0 aromatic heterocycles. The van der Waals surface area contributed by atoms with Crippen LogP contribution in [0.1, 0.15) is 19.8 Å². The Balaban J connectivity index is 2.59. The van der Waals surface area contributed by atoms with E-state index in [4.69, 9.17) is 0 Å². The third kappa shape index (κ3) is 1.35. The van der Waals surface area contributed by atoms with Crippen LogP contribution in [0.3, 0.4) is 0 Å². The van der Waals surface area contributed by atoms with E-state index >= 15 is 0 Å². The first-order valence-electron chi connectivity index (χ1n) is 3.50. The molecule has 10 heavy (non-hydrogen) atoms. The van der Waals surface area contributed by atoms with Crippen LogP contribution in [-0.2, 0) is 0 Å². The van der Waals surface area contributed by atoms with Crippen molar-refractivity contribution in [1.29, 1.82) is 0 Å². The smallest absolute Gasteiger partial charge is 0.219 e. The monoisotopic (exact) mass is 141 g/mol. The van der Waals surface area contributed by atoms with Gasteiger partial charge in [-0.15, -0.1) is 0 Å². The maximum Gasteiger partial charge on any atom is 0.219 e. The summed E-state index contributed by atoms with van der Waals surface area (Å²) in [5.41, 5.74) is 0. The first kappa shape index (κ1) is 7.25. The van der Waals surface area contributed by atoms with Gasteiger partial charge in [-0.25, -0.2) is 0 Å². The lowest BCUT2D eigenvalue weighted by Gasteiger charge is -2.16. The van der Waals surface area contributed by atoms with Crippen LogP contribution in [0.4, 0.5) is 0 Å². The maximum absolute atomic E-state index is 10.3. The van der Waals surface area contributed by atoms with Crippen LogP contribution in [0.25, 0.3) is 0 Å². The minimum atomic E-state index is -0.343. The van der Waals surface area contributed by atoms with Crippen molar-refractivity contribution >= 4 is 0 Å². The third-order valence-electron chi connectivity index (χ3n) is 1.98. The second kappa shape index (κ2) is 2.82. The lowest BCUT2D eigenvalue weighted by atomic mass is 9.91. The summed E-state index contributed by atoms with van der Waals surface area (Å²) in [5.74, 6) is 0.208. The van der Waals surface area contributed by atoms with Crippen molar-refractivity contribution in [2.45, 2.75) is 25.8 Å². The zero-order valence-corrected chi connectivity index (χ0v) is 5.99. The van der Waals surface area contributed by atoms with Crippen molar-refractivity contribution in [1.82, 2.24) is 0 Å². The average molecular weight is 141 g/mol. The van der Waals surface area contributed by atoms with Gasteiger partial charge in [-0.1, -0.05) is 19.1 Å². The summed E-state index contributed by atoms with van der Waals surface area (Å²) in [6.07, 6.45) is 5.37. The highest BCUT2D eigenvalue weighted by Crippen LogP contribution is 2.20. The van der Waals surface area contributed by atoms with Gasteiger partial charge in [0.05, 0.1) is 0 Å². The van der Waals surface area contributed by atoms with E-state index in [1.165, 1.54) is 0 Å². The van der Waals surface area contributed by atoms with Crippen LogP contribution in [-0.4, -0.2) is 11.0 Å². The molecule has 0 aliphatic heterocycles. The molecule has 2 atom stereocenters. The first-order valence-corrected chi connectivity index (χ1v) is 3.50. The molecule has 0 aromatic carbocycles. The number of allylic oxidation sites excluding steroid dienone is 1. The largest absolute Gasteiger partial charge is 0.264 e. The first-order chi connectivity index (χ1) is 4.72. The Morgan fingerprint density at radius 1 is 1.50 bits per heavy atom. The molecule has 3 nitrogen and oxygen atoms in total. The van der Waals surface area contributed by atoms with Crippen molar-refractivity contribution in [3.05, 3.63) is 22.3 Å². The molecule has 0 saturated carbocycles. The predicted octanol–water partition coefficient (Wildman–Crippen LogP) is 1.62. The van der Waals surface area contributed by atoms with Gasteiger partial charge in [0.25, 0.3) is 0 Å². The van der Waals surface area contributed by atoms with Gasteiger partial charge in [-0.05, 0) is 6.42 Å². The summed E-state index contributed by atoms with van der Waals surface area (Å²) < 4.78 is 0. The number of nitro groups is 1. The van der Waals surface area contributed by atoms with Crippen LogP contribution in [0.2, 0.25) is 0 Å². The molecule has 0 fully saturated rings. The zero-order chi connectivity index (χ0) is 7.56. The minimum Gasteiger partial charge on any atom is -0.264 e. The number of nitrogens with zero attached hydrogens (tertiary/aromatic N) is 1. The Labute approximate surface area is 59.9 Å². The van der Waals surface area contributed by atoms with Crippen LogP contribution < -0.4 is 0 Å². The van der Waals surface area contributed by atoms with Crippen LogP contribution in [0.15, 0.2) is 12.2 Å². The second-order valence-electron chi connectivity index (χ2n) is 2.77. The molecule has 56 valence electrons. The average Bonchev–Trinajstić information content (AvgIpc) is 1.88. The van der Waals surface area contributed by atoms with Crippen LogP contribution in [0.5, 0.6) is 0 Å². The maximum atomic E-state index is 10.3. The highest BCUT2D eigenvalue weighted by molar-refractivity contribution is 4.93. The number of rotatable bonds is 1. The van der Waals surface area contributed by atoms with E-state index in [1.807, 2.05) is 19.1 Å². The summed E-state index contributed by atoms with van der Waals surface area (Å²) in [4.78, 5) is 10.2. The molecule has 0 amide bonds. The van der Waals surface area contributed by atoms with Crippen molar-refractivity contribution in [3.63, 3.8) is 0 Å². The predicted molar refractivity (Wildman–Crippen MR) is 38.3 cm³/mol. The minimum absolute atomic E-state index is 0.172. The number of hydrogen-bond donors (Lipinski definition) is 0. The van der Waals surface area contributed by atoms with Gasteiger partial charge in [-0.2, -0.15) is 0 Å². The molecule has 0 bridgehead atoms. The fourth-order valence-corrected chi connectivity index (χ4v) is 1.23. The molecule has 0 saturated heterocycles. The topological polar surface area (TPSA) is 43.1 Å². The summed E-state index contributed by atoms with van der Waals surface area (Å²) in [6, 6.07) is -0.343. The van der Waals surface area contributed by atoms with Gasteiger partial charge in [0.15, 0.2) is 0 Å². The molecular formula is C7H11NO2. The number of hydrogen-bond acceptors (Lipinski definition) is 2. The molecular weight excluding hydrogens is 130 g/mol.